The van der Waals surface area contributed by atoms with Crippen LogP contribution in [-0.2, 0) is 9.59 Å². The lowest BCUT2D eigenvalue weighted by Gasteiger charge is -2.43. The van der Waals surface area contributed by atoms with Crippen LogP contribution in [-0.4, -0.2) is 37.4 Å². The Morgan fingerprint density at radius 3 is 2.81 bits per heavy atom. The minimum Gasteiger partial charge on any atom is -0.322 e. The summed E-state index contributed by atoms with van der Waals surface area (Å²) in [4.78, 5) is 27.5. The van der Waals surface area contributed by atoms with E-state index < -0.39 is 10.8 Å². The number of carbonyl (C=O) groups is 2. The SMILES string of the molecule is C[C@H](Sc1nncn1C1CC1)C(=O)N1c2ccccc2NC(=O)C1(C)C. The number of carbonyl (C=O) groups excluding carboxylic acids is 2. The quantitative estimate of drug-likeness (QED) is 0.836. The Bertz CT molecular complexity index is 874. The molecule has 1 aromatic carbocycles. The molecular formula is C18H21N5O2S. The molecule has 7 nitrogen and oxygen atoms in total. The van der Waals surface area contributed by atoms with Crippen LogP contribution in [0, 0.1) is 0 Å². The molecule has 1 fully saturated rings. The number of nitrogens with one attached hydrogen (secondary N) is 1. The van der Waals surface area contributed by atoms with E-state index in [1.165, 1.54) is 11.8 Å². The van der Waals surface area contributed by atoms with E-state index in [1.54, 1.807) is 25.1 Å². The van der Waals surface area contributed by atoms with Gasteiger partial charge in [0, 0.05) is 6.04 Å². The molecule has 1 saturated carbocycles. The predicted octanol–water partition coefficient (Wildman–Crippen LogP) is 2.86. The molecule has 4 rings (SSSR count). The van der Waals surface area contributed by atoms with Gasteiger partial charge in [-0.1, -0.05) is 23.9 Å². The van der Waals surface area contributed by atoms with Gasteiger partial charge < -0.3 is 9.88 Å². The lowest BCUT2D eigenvalue weighted by atomic mass is 9.96. The number of thioether (sulfide) groups is 1. The molecule has 8 heteroatoms. The monoisotopic (exact) mass is 371 g/mol. The molecule has 0 bridgehead atoms. The Morgan fingerprint density at radius 1 is 1.35 bits per heavy atom. The van der Waals surface area contributed by atoms with E-state index in [4.69, 9.17) is 0 Å². The summed E-state index contributed by atoms with van der Waals surface area (Å²) < 4.78 is 2.04. The first-order chi connectivity index (χ1) is 12.4. The summed E-state index contributed by atoms with van der Waals surface area (Å²) in [6.07, 6.45) is 3.98. The van der Waals surface area contributed by atoms with Gasteiger partial charge in [0.1, 0.15) is 11.9 Å². The fraction of sp³-hybridized carbons (Fsp3) is 0.444. The van der Waals surface area contributed by atoms with Crippen molar-refractivity contribution >= 4 is 35.0 Å². The maximum atomic E-state index is 13.3. The van der Waals surface area contributed by atoms with Crippen molar-refractivity contribution in [3.8, 4) is 0 Å². The fourth-order valence-electron chi connectivity index (χ4n) is 3.16. The van der Waals surface area contributed by atoms with Gasteiger partial charge in [-0.05, 0) is 45.7 Å². The molecule has 1 aromatic heterocycles. The summed E-state index contributed by atoms with van der Waals surface area (Å²) >= 11 is 1.39. The van der Waals surface area contributed by atoms with Crippen molar-refractivity contribution < 1.29 is 9.59 Å². The highest BCUT2D eigenvalue weighted by Gasteiger charge is 2.45. The summed E-state index contributed by atoms with van der Waals surface area (Å²) in [6.45, 7) is 5.38. The van der Waals surface area contributed by atoms with E-state index in [0.717, 1.165) is 23.7 Å². The summed E-state index contributed by atoms with van der Waals surface area (Å²) in [7, 11) is 0. The molecule has 0 spiro atoms. The van der Waals surface area contributed by atoms with Gasteiger partial charge >= 0.3 is 0 Å². The van der Waals surface area contributed by atoms with Gasteiger partial charge in [0.05, 0.1) is 16.6 Å². The van der Waals surface area contributed by atoms with E-state index in [9.17, 15) is 9.59 Å². The first-order valence-electron chi connectivity index (χ1n) is 8.70. The van der Waals surface area contributed by atoms with Gasteiger partial charge in [-0.2, -0.15) is 0 Å². The zero-order chi connectivity index (χ0) is 18.5. The minimum atomic E-state index is -0.968. The standard InChI is InChI=1S/C18H21N5O2S/c1-11(26-17-21-19-10-22(17)12-8-9-12)15(24)23-14-7-5-4-6-13(14)20-16(25)18(23,2)3/h4-7,10-12H,8-9H2,1-3H3,(H,20,25)/t11-/m0/s1. The maximum absolute atomic E-state index is 13.3. The molecule has 1 atom stereocenters. The summed E-state index contributed by atoms with van der Waals surface area (Å²) in [6, 6.07) is 7.83. The number of hydrogen-bond donors (Lipinski definition) is 1. The smallest absolute Gasteiger partial charge is 0.250 e. The van der Waals surface area contributed by atoms with Gasteiger partial charge in [0.2, 0.25) is 11.8 Å². The van der Waals surface area contributed by atoms with Crippen molar-refractivity contribution in [3.63, 3.8) is 0 Å². The molecule has 2 heterocycles. The van der Waals surface area contributed by atoms with E-state index in [-0.39, 0.29) is 11.8 Å². The van der Waals surface area contributed by atoms with Gasteiger partial charge in [-0.3, -0.25) is 14.5 Å². The lowest BCUT2D eigenvalue weighted by Crippen LogP contribution is -2.60. The fourth-order valence-corrected chi connectivity index (χ4v) is 4.09. The van der Waals surface area contributed by atoms with Crippen LogP contribution in [0.1, 0.15) is 39.7 Å². The predicted molar refractivity (Wildman–Crippen MR) is 100 cm³/mol. The third-order valence-electron chi connectivity index (χ3n) is 4.84. The first kappa shape index (κ1) is 17.1. The number of aromatic nitrogens is 3. The molecule has 0 unspecified atom stereocenters. The molecule has 2 aromatic rings. The van der Waals surface area contributed by atoms with E-state index in [2.05, 4.69) is 15.5 Å². The zero-order valence-electron chi connectivity index (χ0n) is 15.0. The van der Waals surface area contributed by atoms with Crippen molar-refractivity contribution in [1.29, 1.82) is 0 Å². The Labute approximate surface area is 156 Å². The first-order valence-corrected chi connectivity index (χ1v) is 9.58. The van der Waals surface area contributed by atoms with Crippen LogP contribution in [0.25, 0.3) is 0 Å². The zero-order valence-corrected chi connectivity index (χ0v) is 15.8. The Hall–Kier alpha value is -2.35. The van der Waals surface area contributed by atoms with Crippen LogP contribution in [0.5, 0.6) is 0 Å². The van der Waals surface area contributed by atoms with Gasteiger partial charge in [-0.25, -0.2) is 0 Å². The third-order valence-corrected chi connectivity index (χ3v) is 5.90. The van der Waals surface area contributed by atoms with Crippen LogP contribution in [0.4, 0.5) is 11.4 Å². The van der Waals surface area contributed by atoms with Crippen LogP contribution in [0.2, 0.25) is 0 Å². The third kappa shape index (κ3) is 2.78. The van der Waals surface area contributed by atoms with Gasteiger partial charge in [0.25, 0.3) is 0 Å². The summed E-state index contributed by atoms with van der Waals surface area (Å²) in [5.74, 6) is -0.310. The highest BCUT2D eigenvalue weighted by molar-refractivity contribution is 8.00. The average molecular weight is 371 g/mol. The second-order valence-electron chi connectivity index (χ2n) is 7.22. The molecule has 2 amide bonds. The molecule has 0 radical (unpaired) electrons. The molecule has 26 heavy (non-hydrogen) atoms. The van der Waals surface area contributed by atoms with Gasteiger partial charge in [0.15, 0.2) is 5.16 Å². The van der Waals surface area contributed by atoms with Crippen molar-refractivity contribution in [2.45, 2.75) is 55.6 Å². The number of anilines is 2. The average Bonchev–Trinajstić information content (AvgIpc) is 3.35. The second kappa shape index (κ2) is 6.12. The van der Waals surface area contributed by atoms with Crippen LogP contribution in [0.15, 0.2) is 35.7 Å². The number of amides is 2. The largest absolute Gasteiger partial charge is 0.322 e. The minimum absolute atomic E-state index is 0.118. The van der Waals surface area contributed by atoms with Crippen LogP contribution >= 0.6 is 11.8 Å². The molecule has 2 aliphatic rings. The molecule has 1 aliphatic carbocycles. The highest BCUT2D eigenvalue weighted by Crippen LogP contribution is 2.40. The summed E-state index contributed by atoms with van der Waals surface area (Å²) in [5.41, 5.74) is 0.409. The van der Waals surface area contributed by atoms with Crippen LogP contribution < -0.4 is 10.2 Å². The maximum Gasteiger partial charge on any atom is 0.250 e. The lowest BCUT2D eigenvalue weighted by molar-refractivity contribution is -0.126. The summed E-state index contributed by atoms with van der Waals surface area (Å²) in [5, 5.41) is 11.4. The molecule has 136 valence electrons. The number of nitrogens with zero attached hydrogens (tertiary/aromatic N) is 4. The van der Waals surface area contributed by atoms with Crippen LogP contribution in [0.3, 0.4) is 0 Å². The number of hydrogen-bond acceptors (Lipinski definition) is 5. The molecule has 1 aliphatic heterocycles. The highest BCUT2D eigenvalue weighted by atomic mass is 32.2. The number of para-hydroxylation sites is 2. The van der Waals surface area contributed by atoms with E-state index in [0.29, 0.717) is 11.7 Å². The molecule has 0 saturated heterocycles. The van der Waals surface area contributed by atoms with E-state index >= 15 is 0 Å². The Balaban J connectivity index is 1.63. The topological polar surface area (TPSA) is 80.1 Å². The molecular weight excluding hydrogens is 350 g/mol. The Kier molecular flexibility index (Phi) is 4.02. The van der Waals surface area contributed by atoms with Crippen molar-refractivity contribution in [2.75, 3.05) is 10.2 Å². The normalized spacial score (nSPS) is 19.7. The van der Waals surface area contributed by atoms with Gasteiger partial charge in [-0.15, -0.1) is 10.2 Å². The second-order valence-corrected chi connectivity index (χ2v) is 8.52. The van der Waals surface area contributed by atoms with Crippen molar-refractivity contribution in [2.24, 2.45) is 0 Å². The number of benzene rings is 1. The number of fused-ring (bicyclic) bond motifs is 1. The van der Waals surface area contributed by atoms with Crippen molar-refractivity contribution in [1.82, 2.24) is 14.8 Å². The van der Waals surface area contributed by atoms with E-state index in [1.807, 2.05) is 35.8 Å². The molecule has 1 N–H and O–H groups in total. The number of rotatable bonds is 4. The van der Waals surface area contributed by atoms with Crippen molar-refractivity contribution in [3.05, 3.63) is 30.6 Å². The Morgan fingerprint density at radius 2 is 2.08 bits per heavy atom.